The average Bonchev–Trinajstić information content (AvgIpc) is 2.66. The maximum Gasteiger partial charge on any atom is 0.338 e. The average molecular weight is 203 g/mol. The first-order chi connectivity index (χ1) is 7.18. The number of nitrogens with zero attached hydrogens (tertiary/aromatic N) is 2. The van der Waals surface area contributed by atoms with Gasteiger partial charge in [-0.05, 0) is 19.1 Å². The summed E-state index contributed by atoms with van der Waals surface area (Å²) < 4.78 is 5.10. The van der Waals surface area contributed by atoms with E-state index in [0.717, 1.165) is 0 Å². The number of carbonyl (C=O) groups is 1. The zero-order valence-corrected chi connectivity index (χ0v) is 8.15. The molecule has 0 aliphatic rings. The molecule has 76 valence electrons. The summed E-state index contributed by atoms with van der Waals surface area (Å²) in [7, 11) is 0. The van der Waals surface area contributed by atoms with Crippen molar-refractivity contribution in [1.82, 2.24) is 15.4 Å². The minimum atomic E-state index is -0.461. The van der Waals surface area contributed by atoms with Crippen molar-refractivity contribution in [2.45, 2.75) is 6.92 Å². The van der Waals surface area contributed by atoms with E-state index >= 15 is 0 Å². The number of aromatic nitrogens is 3. The number of para-hydroxylation sites is 1. The third-order valence-electron chi connectivity index (χ3n) is 1.87. The van der Waals surface area contributed by atoms with E-state index in [1.165, 1.54) is 0 Å². The molecule has 2 rings (SSSR count). The normalized spacial score (nSPS) is 10.2. The molecule has 1 heterocycles. The Labute approximate surface area is 85.7 Å². The lowest BCUT2D eigenvalue weighted by atomic mass is 10.3. The van der Waals surface area contributed by atoms with Crippen LogP contribution in [0, 0.1) is 0 Å². The van der Waals surface area contributed by atoms with Gasteiger partial charge in [-0.3, -0.25) is 5.10 Å². The third kappa shape index (κ3) is 1.71. The zero-order chi connectivity index (χ0) is 10.8. The summed E-state index contributed by atoms with van der Waals surface area (Å²) in [6.07, 6.45) is 0. The van der Waals surface area contributed by atoms with Crippen LogP contribution in [0.15, 0.2) is 30.4 Å². The molecule has 0 fully saturated rings. The van der Waals surface area contributed by atoms with Crippen LogP contribution >= 0.6 is 0 Å². The maximum atomic E-state index is 11.3. The van der Waals surface area contributed by atoms with Crippen molar-refractivity contribution in [2.24, 2.45) is 0 Å². The lowest BCUT2D eigenvalue weighted by molar-refractivity contribution is -0.129. The molecule has 5 heteroatoms. The first kappa shape index (κ1) is 9.39. The summed E-state index contributed by atoms with van der Waals surface area (Å²) in [4.78, 5) is 11.3. The Balaban J connectivity index is 2.39. The lowest BCUT2D eigenvalue weighted by Crippen LogP contribution is -2.08. The van der Waals surface area contributed by atoms with E-state index in [1.54, 1.807) is 25.1 Å². The van der Waals surface area contributed by atoms with Crippen LogP contribution in [0.25, 0.3) is 11.0 Å². The second kappa shape index (κ2) is 3.53. The molecule has 1 aromatic heterocycles. The predicted octanol–water partition coefficient (Wildman–Crippen LogP) is 1.44. The van der Waals surface area contributed by atoms with Gasteiger partial charge in [0.05, 0.1) is 0 Å². The SMILES string of the molecule is C=C(C)C(=O)Oc1cccc2nn[nH]c12. The van der Waals surface area contributed by atoms with E-state index in [4.69, 9.17) is 4.74 Å². The van der Waals surface area contributed by atoms with Crippen LogP contribution in [0.4, 0.5) is 0 Å². The topological polar surface area (TPSA) is 67.9 Å². The fourth-order valence-electron chi connectivity index (χ4n) is 1.12. The molecule has 0 saturated heterocycles. The molecule has 0 aliphatic carbocycles. The van der Waals surface area contributed by atoms with Crippen LogP contribution in [0.3, 0.4) is 0 Å². The van der Waals surface area contributed by atoms with E-state index in [-0.39, 0.29) is 0 Å². The Morgan fingerprint density at radius 2 is 2.33 bits per heavy atom. The van der Waals surface area contributed by atoms with Gasteiger partial charge in [-0.15, -0.1) is 5.10 Å². The van der Waals surface area contributed by atoms with Crippen molar-refractivity contribution in [3.8, 4) is 5.75 Å². The number of fused-ring (bicyclic) bond motifs is 1. The number of H-pyrrole nitrogens is 1. The predicted molar refractivity (Wildman–Crippen MR) is 54.3 cm³/mol. The molecule has 0 amide bonds. The Bertz CT molecular complexity index is 530. The molecular weight excluding hydrogens is 194 g/mol. The van der Waals surface area contributed by atoms with Crippen LogP contribution in [0.2, 0.25) is 0 Å². The van der Waals surface area contributed by atoms with E-state index in [9.17, 15) is 4.79 Å². The summed E-state index contributed by atoms with van der Waals surface area (Å²) in [5, 5.41) is 10.1. The highest BCUT2D eigenvalue weighted by Gasteiger charge is 2.09. The monoisotopic (exact) mass is 203 g/mol. The van der Waals surface area contributed by atoms with Crippen molar-refractivity contribution in [2.75, 3.05) is 0 Å². The van der Waals surface area contributed by atoms with Gasteiger partial charge in [0.2, 0.25) is 0 Å². The van der Waals surface area contributed by atoms with Gasteiger partial charge >= 0.3 is 5.97 Å². The van der Waals surface area contributed by atoms with Gasteiger partial charge in [0.25, 0.3) is 0 Å². The summed E-state index contributed by atoms with van der Waals surface area (Å²) >= 11 is 0. The zero-order valence-electron chi connectivity index (χ0n) is 8.15. The van der Waals surface area contributed by atoms with Gasteiger partial charge in [-0.25, -0.2) is 4.79 Å². The van der Waals surface area contributed by atoms with E-state index in [1.807, 2.05) is 0 Å². The second-order valence-electron chi connectivity index (χ2n) is 3.13. The van der Waals surface area contributed by atoms with Crippen LogP contribution < -0.4 is 4.74 Å². The van der Waals surface area contributed by atoms with Gasteiger partial charge < -0.3 is 4.74 Å². The van der Waals surface area contributed by atoms with E-state index in [2.05, 4.69) is 22.0 Å². The highest BCUT2D eigenvalue weighted by atomic mass is 16.5. The number of nitrogens with one attached hydrogen (secondary N) is 1. The second-order valence-corrected chi connectivity index (χ2v) is 3.13. The molecule has 0 bridgehead atoms. The van der Waals surface area contributed by atoms with Crippen molar-refractivity contribution in [3.05, 3.63) is 30.4 Å². The van der Waals surface area contributed by atoms with Gasteiger partial charge in [0, 0.05) is 5.57 Å². The van der Waals surface area contributed by atoms with Crippen molar-refractivity contribution >= 4 is 17.0 Å². The smallest absolute Gasteiger partial charge is 0.338 e. The highest BCUT2D eigenvalue weighted by molar-refractivity contribution is 5.91. The van der Waals surface area contributed by atoms with Crippen LogP contribution in [0.1, 0.15) is 6.92 Å². The number of carbonyl (C=O) groups excluding carboxylic acids is 1. The molecule has 0 aliphatic heterocycles. The molecule has 2 aromatic rings. The molecule has 1 aromatic carbocycles. The fourth-order valence-corrected chi connectivity index (χ4v) is 1.12. The molecule has 0 saturated carbocycles. The number of aromatic amines is 1. The largest absolute Gasteiger partial charge is 0.421 e. The molecule has 0 atom stereocenters. The summed E-state index contributed by atoms with van der Waals surface area (Å²) in [6.45, 7) is 5.09. The highest BCUT2D eigenvalue weighted by Crippen LogP contribution is 2.21. The number of hydrogen-bond acceptors (Lipinski definition) is 4. The first-order valence-electron chi connectivity index (χ1n) is 4.36. The molecule has 5 nitrogen and oxygen atoms in total. The van der Waals surface area contributed by atoms with Crippen molar-refractivity contribution in [1.29, 1.82) is 0 Å². The first-order valence-corrected chi connectivity index (χ1v) is 4.36. The van der Waals surface area contributed by atoms with E-state index in [0.29, 0.717) is 22.4 Å². The standard InChI is InChI=1S/C10H9N3O2/c1-6(2)10(14)15-8-5-3-4-7-9(8)12-13-11-7/h3-5H,1H2,2H3,(H,11,12,13). The summed E-state index contributed by atoms with van der Waals surface area (Å²) in [5.41, 5.74) is 1.61. The van der Waals surface area contributed by atoms with E-state index < -0.39 is 5.97 Å². The quantitative estimate of drug-likeness (QED) is 0.455. The summed E-state index contributed by atoms with van der Waals surface area (Å²) in [6, 6.07) is 5.19. The molecular formula is C10H9N3O2. The van der Waals surface area contributed by atoms with Gasteiger partial charge in [0.1, 0.15) is 11.0 Å². The van der Waals surface area contributed by atoms with Crippen LogP contribution in [0.5, 0.6) is 5.75 Å². The minimum Gasteiger partial charge on any atom is -0.421 e. The van der Waals surface area contributed by atoms with Crippen LogP contribution in [-0.2, 0) is 4.79 Å². The Hall–Kier alpha value is -2.17. The number of esters is 1. The molecule has 0 unspecified atom stereocenters. The lowest BCUT2D eigenvalue weighted by Gasteiger charge is -2.03. The minimum absolute atomic E-state index is 0.347. The Morgan fingerprint density at radius 3 is 3.07 bits per heavy atom. The van der Waals surface area contributed by atoms with Crippen molar-refractivity contribution in [3.63, 3.8) is 0 Å². The molecule has 0 spiro atoms. The molecule has 15 heavy (non-hydrogen) atoms. The maximum absolute atomic E-state index is 11.3. The molecule has 0 radical (unpaired) electrons. The van der Waals surface area contributed by atoms with Gasteiger partial charge in [-0.1, -0.05) is 17.9 Å². The van der Waals surface area contributed by atoms with Crippen molar-refractivity contribution < 1.29 is 9.53 Å². The number of hydrogen-bond donors (Lipinski definition) is 1. The Morgan fingerprint density at radius 1 is 1.53 bits per heavy atom. The van der Waals surface area contributed by atoms with Crippen LogP contribution in [-0.4, -0.2) is 21.4 Å². The number of ether oxygens (including phenoxy) is 1. The number of benzene rings is 1. The number of rotatable bonds is 2. The molecule has 1 N–H and O–H groups in total. The summed E-state index contributed by atoms with van der Waals surface area (Å²) in [5.74, 6) is -0.0531. The fraction of sp³-hybridized carbons (Fsp3) is 0.100. The van der Waals surface area contributed by atoms with Gasteiger partial charge in [-0.2, -0.15) is 0 Å². The Kier molecular flexibility index (Phi) is 2.21. The van der Waals surface area contributed by atoms with Gasteiger partial charge in [0.15, 0.2) is 5.75 Å². The third-order valence-corrected chi connectivity index (χ3v) is 1.87.